The lowest BCUT2D eigenvalue weighted by molar-refractivity contribution is 0.156. The normalized spacial score (nSPS) is 20.4. The highest BCUT2D eigenvalue weighted by Gasteiger charge is 2.51. The third kappa shape index (κ3) is 2.37. The molecule has 2 aliphatic rings. The van der Waals surface area contributed by atoms with Crippen molar-refractivity contribution in [2.75, 3.05) is 7.11 Å². The Morgan fingerprint density at radius 3 is 2.81 bits per heavy atom. The summed E-state index contributed by atoms with van der Waals surface area (Å²) in [7, 11) is 1.62. The molecule has 112 valence electrons. The van der Waals surface area contributed by atoms with Crippen LogP contribution in [0.25, 0.3) is 11.5 Å². The fourth-order valence-electron chi connectivity index (χ4n) is 3.08. The highest BCUT2D eigenvalue weighted by Crippen LogP contribution is 2.54. The lowest BCUT2D eigenvalue weighted by Gasteiger charge is -2.28. The number of methoxy groups -OCH3 is 1. The van der Waals surface area contributed by atoms with Crippen LogP contribution in [0, 0.1) is 5.92 Å². The Morgan fingerprint density at radius 2 is 2.14 bits per heavy atom. The van der Waals surface area contributed by atoms with Crippen molar-refractivity contribution in [2.24, 2.45) is 5.92 Å². The van der Waals surface area contributed by atoms with Crippen LogP contribution in [0.15, 0.2) is 15.1 Å². The minimum Gasteiger partial charge on any atom is -0.377 e. The van der Waals surface area contributed by atoms with E-state index in [-0.39, 0.29) is 5.41 Å². The van der Waals surface area contributed by atoms with Gasteiger partial charge in [0, 0.05) is 13.2 Å². The lowest BCUT2D eigenvalue weighted by atomic mass is 9.77. The minimum absolute atomic E-state index is 0.148. The Bertz CT molecular complexity index is 626. The molecule has 0 saturated heterocycles. The fraction of sp³-hybridized carbons (Fsp3) is 0.667. The zero-order chi connectivity index (χ0) is 14.3. The number of aromatic nitrogens is 3. The molecule has 4 rings (SSSR count). The van der Waals surface area contributed by atoms with Crippen molar-refractivity contribution in [3.05, 3.63) is 17.7 Å². The monoisotopic (exact) mass is 289 g/mol. The Morgan fingerprint density at radius 1 is 1.29 bits per heavy atom. The van der Waals surface area contributed by atoms with E-state index in [2.05, 4.69) is 15.3 Å². The summed E-state index contributed by atoms with van der Waals surface area (Å²) >= 11 is 0. The first-order valence-corrected chi connectivity index (χ1v) is 7.58. The van der Waals surface area contributed by atoms with Gasteiger partial charge in [-0.05, 0) is 25.2 Å². The van der Waals surface area contributed by atoms with Gasteiger partial charge >= 0.3 is 0 Å². The number of hydrogen-bond acceptors (Lipinski definition) is 6. The third-order valence-corrected chi connectivity index (χ3v) is 4.71. The molecule has 0 aliphatic heterocycles. The van der Waals surface area contributed by atoms with Gasteiger partial charge < -0.3 is 13.8 Å². The van der Waals surface area contributed by atoms with Gasteiger partial charge in [-0.2, -0.15) is 4.98 Å². The number of ether oxygens (including phenoxy) is 1. The smallest absolute Gasteiger partial charge is 0.233 e. The molecule has 2 aromatic heterocycles. The summed E-state index contributed by atoms with van der Waals surface area (Å²) < 4.78 is 15.7. The van der Waals surface area contributed by atoms with Crippen molar-refractivity contribution >= 4 is 0 Å². The Kier molecular flexibility index (Phi) is 3.06. The zero-order valence-electron chi connectivity index (χ0n) is 12.2. The summed E-state index contributed by atoms with van der Waals surface area (Å²) in [5, 5.41) is 8.04. The molecule has 2 aliphatic carbocycles. The lowest BCUT2D eigenvalue weighted by Crippen LogP contribution is -2.19. The SMILES string of the molecule is COCc1cc(-c2noc(C3(CC4CCC4)CC3)n2)no1. The van der Waals surface area contributed by atoms with E-state index in [1.807, 2.05) is 0 Å². The molecule has 2 heterocycles. The molecule has 0 spiro atoms. The average Bonchev–Trinajstić information content (AvgIpc) is 2.88. The molecule has 0 amide bonds. The molecule has 0 unspecified atom stereocenters. The van der Waals surface area contributed by atoms with E-state index in [1.165, 1.54) is 38.5 Å². The van der Waals surface area contributed by atoms with E-state index in [9.17, 15) is 0 Å². The molecule has 0 atom stereocenters. The average molecular weight is 289 g/mol. The topological polar surface area (TPSA) is 74.2 Å². The third-order valence-electron chi connectivity index (χ3n) is 4.71. The predicted molar refractivity (Wildman–Crippen MR) is 73.4 cm³/mol. The van der Waals surface area contributed by atoms with Crippen LogP contribution in [0.3, 0.4) is 0 Å². The summed E-state index contributed by atoms with van der Waals surface area (Å²) in [5.74, 6) is 2.80. The van der Waals surface area contributed by atoms with Gasteiger partial charge in [0.1, 0.15) is 6.61 Å². The van der Waals surface area contributed by atoms with E-state index in [4.69, 9.17) is 13.8 Å². The molecule has 0 aromatic carbocycles. The van der Waals surface area contributed by atoms with Gasteiger partial charge in [-0.25, -0.2) is 0 Å². The first-order valence-electron chi connectivity index (χ1n) is 7.58. The molecule has 6 nitrogen and oxygen atoms in total. The fourth-order valence-corrected chi connectivity index (χ4v) is 3.08. The molecule has 2 fully saturated rings. The van der Waals surface area contributed by atoms with E-state index >= 15 is 0 Å². The van der Waals surface area contributed by atoms with E-state index < -0.39 is 0 Å². The van der Waals surface area contributed by atoms with Gasteiger partial charge in [0.2, 0.25) is 11.7 Å². The number of hydrogen-bond donors (Lipinski definition) is 0. The Hall–Kier alpha value is -1.69. The van der Waals surface area contributed by atoms with Crippen LogP contribution < -0.4 is 0 Å². The van der Waals surface area contributed by atoms with Crippen molar-refractivity contribution in [1.82, 2.24) is 15.3 Å². The first-order chi connectivity index (χ1) is 10.3. The van der Waals surface area contributed by atoms with Crippen LogP contribution in [0.2, 0.25) is 0 Å². The Labute approximate surface area is 122 Å². The van der Waals surface area contributed by atoms with Gasteiger partial charge in [-0.3, -0.25) is 0 Å². The highest BCUT2D eigenvalue weighted by atomic mass is 16.5. The molecular formula is C15H19N3O3. The van der Waals surface area contributed by atoms with Gasteiger partial charge in [-0.15, -0.1) is 0 Å². The maximum Gasteiger partial charge on any atom is 0.233 e. The van der Waals surface area contributed by atoms with Crippen LogP contribution in [0.4, 0.5) is 0 Å². The van der Waals surface area contributed by atoms with E-state index in [1.54, 1.807) is 13.2 Å². The molecule has 0 radical (unpaired) electrons. The second kappa shape index (κ2) is 4.94. The first kappa shape index (κ1) is 13.0. The van der Waals surface area contributed by atoms with Crippen LogP contribution >= 0.6 is 0 Å². The maximum atomic E-state index is 5.51. The standard InChI is InChI=1S/C15H19N3O3/c1-19-9-11-7-12(17-20-11)13-16-14(21-18-13)15(5-6-15)8-10-3-2-4-10/h7,10H,2-6,8-9H2,1H3. The molecular weight excluding hydrogens is 270 g/mol. The van der Waals surface area contributed by atoms with Crippen LogP contribution in [0.5, 0.6) is 0 Å². The van der Waals surface area contributed by atoms with Crippen molar-refractivity contribution in [2.45, 2.75) is 50.5 Å². The zero-order valence-corrected chi connectivity index (χ0v) is 12.2. The quantitative estimate of drug-likeness (QED) is 0.813. The van der Waals surface area contributed by atoms with E-state index in [0.29, 0.717) is 23.9 Å². The van der Waals surface area contributed by atoms with Crippen molar-refractivity contribution in [3.8, 4) is 11.5 Å². The molecule has 2 saturated carbocycles. The molecule has 0 N–H and O–H groups in total. The number of rotatable bonds is 6. The minimum atomic E-state index is 0.148. The van der Waals surface area contributed by atoms with E-state index in [0.717, 1.165) is 11.8 Å². The summed E-state index contributed by atoms with van der Waals surface area (Å²) in [4.78, 5) is 4.56. The van der Waals surface area contributed by atoms with Gasteiger partial charge in [-0.1, -0.05) is 29.6 Å². The van der Waals surface area contributed by atoms with Crippen molar-refractivity contribution in [3.63, 3.8) is 0 Å². The van der Waals surface area contributed by atoms with Crippen molar-refractivity contribution in [1.29, 1.82) is 0 Å². The highest BCUT2D eigenvalue weighted by molar-refractivity contribution is 5.47. The summed E-state index contributed by atoms with van der Waals surface area (Å²) in [6.07, 6.45) is 7.61. The summed E-state index contributed by atoms with van der Waals surface area (Å²) in [5.41, 5.74) is 0.756. The largest absolute Gasteiger partial charge is 0.377 e. The second-order valence-corrected chi connectivity index (χ2v) is 6.32. The molecule has 6 heteroatoms. The summed E-state index contributed by atoms with van der Waals surface area (Å²) in [6, 6.07) is 1.80. The maximum absolute atomic E-state index is 5.51. The molecule has 2 aromatic rings. The predicted octanol–water partition coefficient (Wildman–Crippen LogP) is 3.09. The van der Waals surface area contributed by atoms with Crippen LogP contribution in [0.1, 0.15) is 50.2 Å². The molecule has 0 bridgehead atoms. The Balaban J connectivity index is 1.52. The summed E-state index contributed by atoms with van der Waals surface area (Å²) in [6.45, 7) is 0.392. The molecule has 21 heavy (non-hydrogen) atoms. The van der Waals surface area contributed by atoms with Crippen LogP contribution in [-0.2, 0) is 16.8 Å². The van der Waals surface area contributed by atoms with Gasteiger partial charge in [0.05, 0.1) is 5.41 Å². The van der Waals surface area contributed by atoms with Crippen LogP contribution in [-0.4, -0.2) is 22.4 Å². The van der Waals surface area contributed by atoms with Gasteiger partial charge in [0.15, 0.2) is 11.5 Å². The number of nitrogens with zero attached hydrogens (tertiary/aromatic N) is 3. The van der Waals surface area contributed by atoms with Crippen molar-refractivity contribution < 1.29 is 13.8 Å². The van der Waals surface area contributed by atoms with Gasteiger partial charge in [0.25, 0.3) is 0 Å². The second-order valence-electron chi connectivity index (χ2n) is 6.32.